The molecule has 36 heavy (non-hydrogen) atoms. The second kappa shape index (κ2) is 15.7. The van der Waals surface area contributed by atoms with E-state index in [1.54, 1.807) is 0 Å². The molecular weight excluding hydrogens is 460 g/mol. The molecule has 3 saturated heterocycles. The summed E-state index contributed by atoms with van der Waals surface area (Å²) in [5.74, 6) is 0.0283. The van der Waals surface area contributed by atoms with Crippen molar-refractivity contribution in [2.75, 3.05) is 19.8 Å². The average Bonchev–Trinajstić information content (AvgIpc) is 3.24. The van der Waals surface area contributed by atoms with E-state index in [0.29, 0.717) is 6.42 Å². The molecule has 0 aromatic carbocycles. The summed E-state index contributed by atoms with van der Waals surface area (Å²) in [7, 11) is 0. The van der Waals surface area contributed by atoms with Gasteiger partial charge in [0, 0.05) is 25.7 Å². The van der Waals surface area contributed by atoms with Crippen molar-refractivity contribution in [3.63, 3.8) is 0 Å². The highest BCUT2D eigenvalue weighted by atomic mass is 16.7. The molecule has 7 heteroatoms. The third kappa shape index (κ3) is 8.74. The largest absolute Gasteiger partial charge is 0.353 e. The molecule has 7 nitrogen and oxygen atoms in total. The van der Waals surface area contributed by atoms with Gasteiger partial charge in [0.05, 0.1) is 18.3 Å². The minimum absolute atomic E-state index is 0.0746. The molecule has 1 saturated carbocycles. The van der Waals surface area contributed by atoms with Gasteiger partial charge in [-0.25, -0.2) is 0 Å². The van der Waals surface area contributed by atoms with E-state index in [-0.39, 0.29) is 49.0 Å². The van der Waals surface area contributed by atoms with Crippen LogP contribution in [0.5, 0.6) is 0 Å². The number of carbonyl (C=O) groups is 1. The smallest absolute Gasteiger partial charge is 0.158 e. The molecule has 208 valence electrons. The van der Waals surface area contributed by atoms with Gasteiger partial charge in [-0.3, -0.25) is 0 Å². The monoisotopic (exact) mass is 510 g/mol. The third-order valence-corrected chi connectivity index (χ3v) is 8.36. The number of unbranched alkanes of at least 4 members (excludes halogenated alkanes) is 2. The number of carbonyl (C=O) groups excluding carboxylic acids is 1. The molecule has 4 aliphatic rings. The predicted molar refractivity (Wildman–Crippen MR) is 136 cm³/mol. The van der Waals surface area contributed by atoms with E-state index in [4.69, 9.17) is 28.4 Å². The van der Waals surface area contributed by atoms with Gasteiger partial charge in [0.2, 0.25) is 0 Å². The van der Waals surface area contributed by atoms with Crippen LogP contribution in [0, 0.1) is 11.8 Å². The molecule has 0 aromatic rings. The highest BCUT2D eigenvalue weighted by molar-refractivity contribution is 5.55. The molecule has 3 heterocycles. The fraction of sp³-hybridized carbons (Fsp3) is 0.966. The second-order valence-electron chi connectivity index (χ2n) is 11.2. The molecule has 1 aliphatic carbocycles. The van der Waals surface area contributed by atoms with E-state index in [1.165, 1.54) is 19.3 Å². The summed E-state index contributed by atoms with van der Waals surface area (Å²) in [5, 5.41) is 0. The molecule has 0 N–H and O–H groups in total. The molecule has 3 aliphatic heterocycles. The van der Waals surface area contributed by atoms with Crippen molar-refractivity contribution in [2.24, 2.45) is 11.8 Å². The summed E-state index contributed by atoms with van der Waals surface area (Å²) in [4.78, 5) is 12.2. The SMILES string of the molecule is CCCCCC(CCC1C(C=O)CC(OC2CCCCO2)C1OC1CCCCO1)OC1CCCCO1. The van der Waals surface area contributed by atoms with Gasteiger partial charge < -0.3 is 33.2 Å². The number of ether oxygens (including phenoxy) is 6. The average molecular weight is 511 g/mol. The summed E-state index contributed by atoms with van der Waals surface area (Å²) >= 11 is 0. The maximum atomic E-state index is 12.2. The Bertz CT molecular complexity index is 598. The molecule has 0 radical (unpaired) electrons. The van der Waals surface area contributed by atoms with Crippen LogP contribution in [-0.4, -0.2) is 63.3 Å². The minimum atomic E-state index is -0.206. The van der Waals surface area contributed by atoms with Crippen molar-refractivity contribution in [1.29, 1.82) is 0 Å². The van der Waals surface area contributed by atoms with Gasteiger partial charge in [0.25, 0.3) is 0 Å². The van der Waals surface area contributed by atoms with Crippen molar-refractivity contribution in [3.05, 3.63) is 0 Å². The zero-order chi connectivity index (χ0) is 25.0. The Morgan fingerprint density at radius 2 is 1.44 bits per heavy atom. The zero-order valence-electron chi connectivity index (χ0n) is 22.5. The van der Waals surface area contributed by atoms with Crippen LogP contribution in [0.1, 0.15) is 110 Å². The first-order chi connectivity index (χ1) is 17.8. The van der Waals surface area contributed by atoms with Gasteiger partial charge in [-0.1, -0.05) is 26.2 Å². The van der Waals surface area contributed by atoms with E-state index in [1.807, 2.05) is 0 Å². The van der Waals surface area contributed by atoms with Crippen LogP contribution < -0.4 is 0 Å². The molecule has 0 spiro atoms. The predicted octanol–water partition coefficient (Wildman–Crippen LogP) is 5.92. The van der Waals surface area contributed by atoms with Crippen LogP contribution in [0.15, 0.2) is 0 Å². The Kier molecular flexibility index (Phi) is 12.4. The lowest BCUT2D eigenvalue weighted by atomic mass is 9.89. The van der Waals surface area contributed by atoms with Crippen LogP contribution in [0.2, 0.25) is 0 Å². The van der Waals surface area contributed by atoms with E-state index >= 15 is 0 Å². The van der Waals surface area contributed by atoms with Crippen molar-refractivity contribution < 1.29 is 33.2 Å². The lowest BCUT2D eigenvalue weighted by Crippen LogP contribution is -2.40. The minimum Gasteiger partial charge on any atom is -0.353 e. The third-order valence-electron chi connectivity index (χ3n) is 8.36. The van der Waals surface area contributed by atoms with Crippen molar-refractivity contribution in [1.82, 2.24) is 0 Å². The molecule has 0 aromatic heterocycles. The first kappa shape index (κ1) is 28.4. The number of hydrogen-bond donors (Lipinski definition) is 0. The number of aldehydes is 1. The van der Waals surface area contributed by atoms with Crippen molar-refractivity contribution >= 4 is 6.29 Å². The second-order valence-corrected chi connectivity index (χ2v) is 11.2. The highest BCUT2D eigenvalue weighted by Gasteiger charge is 2.47. The van der Waals surface area contributed by atoms with Gasteiger partial charge >= 0.3 is 0 Å². The maximum absolute atomic E-state index is 12.2. The summed E-state index contributed by atoms with van der Waals surface area (Å²) in [6, 6.07) is 0. The molecule has 8 unspecified atom stereocenters. The molecular formula is C29H50O7. The topological polar surface area (TPSA) is 72.5 Å². The molecule has 4 fully saturated rings. The lowest BCUT2D eigenvalue weighted by Gasteiger charge is -2.34. The summed E-state index contributed by atoms with van der Waals surface area (Å²) in [6.07, 6.45) is 17.1. The van der Waals surface area contributed by atoms with E-state index < -0.39 is 0 Å². The fourth-order valence-electron chi connectivity index (χ4n) is 6.27. The van der Waals surface area contributed by atoms with Gasteiger partial charge in [-0.15, -0.1) is 0 Å². The Balaban J connectivity index is 1.40. The Morgan fingerprint density at radius 3 is 2.03 bits per heavy atom. The van der Waals surface area contributed by atoms with E-state index in [0.717, 1.165) is 103 Å². The quantitative estimate of drug-likeness (QED) is 0.212. The Hall–Kier alpha value is -0.570. The van der Waals surface area contributed by atoms with Gasteiger partial charge in [-0.05, 0) is 89.4 Å². The van der Waals surface area contributed by atoms with E-state index in [9.17, 15) is 4.79 Å². The van der Waals surface area contributed by atoms with Crippen molar-refractivity contribution in [2.45, 2.75) is 147 Å². The highest BCUT2D eigenvalue weighted by Crippen LogP contribution is 2.41. The Labute approximate surface area is 218 Å². The van der Waals surface area contributed by atoms with Crippen LogP contribution in [0.4, 0.5) is 0 Å². The normalized spacial score (nSPS) is 36.5. The zero-order valence-corrected chi connectivity index (χ0v) is 22.5. The van der Waals surface area contributed by atoms with Gasteiger partial charge in [-0.2, -0.15) is 0 Å². The standard InChI is InChI=1S/C29H50O7/c1-2-3-4-11-23(34-26-12-5-8-17-31-26)15-16-24-22(21-30)20-25(35-27-13-6-9-18-32-27)29(24)36-28-14-7-10-19-33-28/h21-29H,2-20H2,1H3. The number of hydrogen-bond acceptors (Lipinski definition) is 7. The number of rotatable bonds is 14. The van der Waals surface area contributed by atoms with Gasteiger partial charge in [0.1, 0.15) is 6.29 Å². The first-order valence-corrected chi connectivity index (χ1v) is 15.0. The maximum Gasteiger partial charge on any atom is 0.158 e. The van der Waals surface area contributed by atoms with Crippen molar-refractivity contribution in [3.8, 4) is 0 Å². The summed E-state index contributed by atoms with van der Waals surface area (Å²) < 4.78 is 37.3. The molecule has 8 atom stereocenters. The van der Waals surface area contributed by atoms with Crippen LogP contribution in [0.3, 0.4) is 0 Å². The first-order valence-electron chi connectivity index (χ1n) is 15.0. The lowest BCUT2D eigenvalue weighted by molar-refractivity contribution is -0.248. The van der Waals surface area contributed by atoms with Crippen LogP contribution in [0.25, 0.3) is 0 Å². The van der Waals surface area contributed by atoms with Gasteiger partial charge in [0.15, 0.2) is 18.9 Å². The Morgan fingerprint density at radius 1 is 0.806 bits per heavy atom. The van der Waals surface area contributed by atoms with E-state index in [2.05, 4.69) is 6.92 Å². The van der Waals surface area contributed by atoms with Crippen LogP contribution >= 0.6 is 0 Å². The molecule has 0 bridgehead atoms. The fourth-order valence-corrected chi connectivity index (χ4v) is 6.27. The summed E-state index contributed by atoms with van der Waals surface area (Å²) in [6.45, 7) is 4.51. The van der Waals surface area contributed by atoms with Crippen LogP contribution in [-0.2, 0) is 33.2 Å². The summed E-state index contributed by atoms with van der Waals surface area (Å²) in [5.41, 5.74) is 0. The molecule has 0 amide bonds. The molecule has 4 rings (SSSR count).